The molecule has 1 aromatic carbocycles. The van der Waals surface area contributed by atoms with E-state index in [1.165, 1.54) is 12.1 Å². The molecule has 0 saturated carbocycles. The van der Waals surface area contributed by atoms with Crippen LogP contribution in [0.15, 0.2) is 24.3 Å². The summed E-state index contributed by atoms with van der Waals surface area (Å²) in [4.78, 5) is 12.7. The Morgan fingerprint density at radius 2 is 1.82 bits per heavy atom. The Morgan fingerprint density at radius 3 is 2.24 bits per heavy atom. The van der Waals surface area contributed by atoms with Crippen molar-refractivity contribution in [2.45, 2.75) is 32.9 Å². The Hall–Kier alpha value is -1.42. The maximum absolute atomic E-state index is 12.8. The number of benzene rings is 1. The molecule has 0 saturated heterocycles. The summed E-state index contributed by atoms with van der Waals surface area (Å²) in [5.41, 5.74) is 0.918. The average molecular weight is 239 g/mol. The van der Waals surface area contributed by atoms with Crippen LogP contribution in [0.4, 0.5) is 4.39 Å². The van der Waals surface area contributed by atoms with Gasteiger partial charge in [-0.1, -0.05) is 12.1 Å². The lowest BCUT2D eigenvalue weighted by atomic mass is 10.1. The van der Waals surface area contributed by atoms with Crippen LogP contribution >= 0.6 is 0 Å². The van der Waals surface area contributed by atoms with Gasteiger partial charge in [0.05, 0.1) is 6.54 Å². The number of aliphatic carboxylic acids is 1. The highest BCUT2D eigenvalue weighted by Crippen LogP contribution is 2.22. The van der Waals surface area contributed by atoms with E-state index < -0.39 is 5.97 Å². The van der Waals surface area contributed by atoms with Crippen LogP contribution in [0.5, 0.6) is 0 Å². The molecule has 0 amide bonds. The smallest absolute Gasteiger partial charge is 0.317 e. The fraction of sp³-hybridized carbons (Fsp3) is 0.462. The Kier molecular flexibility index (Phi) is 4.63. The van der Waals surface area contributed by atoms with E-state index in [-0.39, 0.29) is 24.4 Å². The summed E-state index contributed by atoms with van der Waals surface area (Å²) >= 11 is 0. The average Bonchev–Trinajstić information content (AvgIpc) is 2.25. The zero-order chi connectivity index (χ0) is 13.0. The number of nitrogens with zero attached hydrogens (tertiary/aromatic N) is 1. The molecule has 1 atom stereocenters. The molecule has 0 aliphatic heterocycles. The van der Waals surface area contributed by atoms with Crippen LogP contribution in [-0.2, 0) is 4.79 Å². The normalized spacial score (nSPS) is 13.1. The number of halogens is 1. The summed E-state index contributed by atoms with van der Waals surface area (Å²) in [5.74, 6) is -1.14. The molecule has 0 aliphatic carbocycles. The van der Waals surface area contributed by atoms with E-state index in [4.69, 9.17) is 5.11 Å². The summed E-state index contributed by atoms with van der Waals surface area (Å²) in [6.07, 6.45) is 0. The second-order valence-corrected chi connectivity index (χ2v) is 4.39. The Balaban J connectivity index is 2.87. The van der Waals surface area contributed by atoms with E-state index in [0.29, 0.717) is 0 Å². The number of carboxylic acids is 1. The fourth-order valence-electron chi connectivity index (χ4n) is 1.86. The molecule has 0 radical (unpaired) electrons. The summed E-state index contributed by atoms with van der Waals surface area (Å²) in [5, 5.41) is 8.87. The first kappa shape index (κ1) is 13.6. The highest BCUT2D eigenvalue weighted by Gasteiger charge is 2.21. The molecule has 0 fully saturated rings. The molecule has 94 valence electrons. The quantitative estimate of drug-likeness (QED) is 0.858. The van der Waals surface area contributed by atoms with E-state index in [2.05, 4.69) is 0 Å². The van der Waals surface area contributed by atoms with Crippen molar-refractivity contribution in [1.82, 2.24) is 4.90 Å². The highest BCUT2D eigenvalue weighted by molar-refractivity contribution is 5.69. The van der Waals surface area contributed by atoms with E-state index in [1.807, 2.05) is 25.7 Å². The van der Waals surface area contributed by atoms with Crippen LogP contribution in [-0.4, -0.2) is 28.6 Å². The van der Waals surface area contributed by atoms with Gasteiger partial charge in [0.1, 0.15) is 5.82 Å². The molecule has 0 bridgehead atoms. The van der Waals surface area contributed by atoms with E-state index in [0.717, 1.165) is 5.56 Å². The van der Waals surface area contributed by atoms with Crippen molar-refractivity contribution in [3.05, 3.63) is 35.6 Å². The van der Waals surface area contributed by atoms with Gasteiger partial charge in [0, 0.05) is 12.1 Å². The van der Waals surface area contributed by atoms with Gasteiger partial charge in [0.2, 0.25) is 0 Å². The summed E-state index contributed by atoms with van der Waals surface area (Å²) in [6, 6.07) is 6.24. The van der Waals surface area contributed by atoms with Crippen molar-refractivity contribution >= 4 is 5.97 Å². The molecular weight excluding hydrogens is 221 g/mol. The highest BCUT2D eigenvalue weighted by atomic mass is 19.1. The zero-order valence-electron chi connectivity index (χ0n) is 10.4. The van der Waals surface area contributed by atoms with Crippen LogP contribution in [0.1, 0.15) is 32.4 Å². The van der Waals surface area contributed by atoms with Gasteiger partial charge >= 0.3 is 5.97 Å². The number of hydrogen-bond acceptors (Lipinski definition) is 2. The first-order chi connectivity index (χ1) is 7.91. The predicted molar refractivity (Wildman–Crippen MR) is 64.3 cm³/mol. The maximum Gasteiger partial charge on any atom is 0.317 e. The van der Waals surface area contributed by atoms with Crippen molar-refractivity contribution in [2.75, 3.05) is 6.54 Å². The molecule has 17 heavy (non-hydrogen) atoms. The van der Waals surface area contributed by atoms with E-state index in [9.17, 15) is 9.18 Å². The molecule has 4 heteroatoms. The summed E-state index contributed by atoms with van der Waals surface area (Å²) < 4.78 is 12.8. The van der Waals surface area contributed by atoms with Gasteiger partial charge in [-0.05, 0) is 38.5 Å². The first-order valence-corrected chi connectivity index (χ1v) is 5.64. The SMILES string of the molecule is CC(C)N(CC(=O)O)[C@@H](C)c1ccc(F)cc1. The molecule has 1 aromatic rings. The van der Waals surface area contributed by atoms with E-state index >= 15 is 0 Å². The van der Waals surface area contributed by atoms with Crippen LogP contribution in [0, 0.1) is 5.82 Å². The van der Waals surface area contributed by atoms with Crippen LogP contribution in [0.25, 0.3) is 0 Å². The van der Waals surface area contributed by atoms with Gasteiger partial charge in [-0.25, -0.2) is 4.39 Å². The number of rotatable bonds is 5. The third kappa shape index (κ3) is 3.82. The largest absolute Gasteiger partial charge is 0.480 e. The topological polar surface area (TPSA) is 40.5 Å². The molecule has 0 aliphatic rings. The summed E-state index contributed by atoms with van der Waals surface area (Å²) in [6.45, 7) is 5.80. The molecule has 1 N–H and O–H groups in total. The van der Waals surface area contributed by atoms with Crippen molar-refractivity contribution in [2.24, 2.45) is 0 Å². The minimum absolute atomic E-state index is 0.0176. The van der Waals surface area contributed by atoms with Crippen molar-refractivity contribution in [3.63, 3.8) is 0 Å². The fourth-order valence-corrected chi connectivity index (χ4v) is 1.86. The molecule has 0 spiro atoms. The first-order valence-electron chi connectivity index (χ1n) is 5.64. The second kappa shape index (κ2) is 5.77. The van der Waals surface area contributed by atoms with Gasteiger partial charge in [0.15, 0.2) is 0 Å². The molecule has 0 aromatic heterocycles. The lowest BCUT2D eigenvalue weighted by Crippen LogP contribution is -2.37. The van der Waals surface area contributed by atoms with Crippen LogP contribution in [0.2, 0.25) is 0 Å². The van der Waals surface area contributed by atoms with Gasteiger partial charge in [-0.2, -0.15) is 0 Å². The van der Waals surface area contributed by atoms with Gasteiger partial charge in [-0.15, -0.1) is 0 Å². The molecule has 1 rings (SSSR count). The zero-order valence-corrected chi connectivity index (χ0v) is 10.4. The van der Waals surface area contributed by atoms with Gasteiger partial charge in [-0.3, -0.25) is 9.69 Å². The third-order valence-corrected chi connectivity index (χ3v) is 2.83. The Bertz CT molecular complexity index is 376. The number of hydrogen-bond donors (Lipinski definition) is 1. The molecule has 3 nitrogen and oxygen atoms in total. The van der Waals surface area contributed by atoms with Crippen LogP contribution < -0.4 is 0 Å². The Morgan fingerprint density at radius 1 is 1.29 bits per heavy atom. The lowest BCUT2D eigenvalue weighted by molar-refractivity contribution is -0.139. The van der Waals surface area contributed by atoms with Gasteiger partial charge in [0.25, 0.3) is 0 Å². The molecule has 0 heterocycles. The molecular formula is C13H18FNO2. The van der Waals surface area contributed by atoms with E-state index in [1.54, 1.807) is 12.1 Å². The summed E-state index contributed by atoms with van der Waals surface area (Å²) in [7, 11) is 0. The van der Waals surface area contributed by atoms with Crippen molar-refractivity contribution < 1.29 is 14.3 Å². The minimum Gasteiger partial charge on any atom is -0.480 e. The van der Waals surface area contributed by atoms with Gasteiger partial charge < -0.3 is 5.11 Å². The number of carboxylic acid groups (broad SMARTS) is 1. The van der Waals surface area contributed by atoms with Crippen LogP contribution in [0.3, 0.4) is 0 Å². The second-order valence-electron chi connectivity index (χ2n) is 4.39. The third-order valence-electron chi connectivity index (χ3n) is 2.83. The number of carbonyl (C=O) groups is 1. The monoisotopic (exact) mass is 239 g/mol. The minimum atomic E-state index is -0.854. The lowest BCUT2D eigenvalue weighted by Gasteiger charge is -2.31. The Labute approximate surface area is 101 Å². The molecule has 0 unspecified atom stereocenters. The maximum atomic E-state index is 12.8. The predicted octanol–water partition coefficient (Wildman–Crippen LogP) is 2.68. The standard InChI is InChI=1S/C13H18FNO2/c1-9(2)15(8-13(16)17)10(3)11-4-6-12(14)7-5-11/h4-7,9-10H,8H2,1-3H3,(H,16,17)/t10-/m0/s1. The van der Waals surface area contributed by atoms with Crippen molar-refractivity contribution in [3.8, 4) is 0 Å². The van der Waals surface area contributed by atoms with Crippen molar-refractivity contribution in [1.29, 1.82) is 0 Å².